The van der Waals surface area contributed by atoms with Gasteiger partial charge in [-0.25, -0.2) is 0 Å². The largest absolute Gasteiger partial charge is 0.0843 e. The predicted octanol–water partition coefficient (Wildman–Crippen LogP) is 4.36. The van der Waals surface area contributed by atoms with Crippen LogP contribution in [0.4, 0.5) is 0 Å². The third kappa shape index (κ3) is 3.12. The number of halogens is 1. The van der Waals surface area contributed by atoms with E-state index in [0.717, 1.165) is 21.7 Å². The minimum absolute atomic E-state index is 0.726. The number of rotatable bonds is 0. The highest BCUT2D eigenvalue weighted by molar-refractivity contribution is 6.30. The average Bonchev–Trinajstić information content (AvgIpc) is 2.32. The predicted molar refractivity (Wildman–Crippen MR) is 73.3 cm³/mol. The van der Waals surface area contributed by atoms with Gasteiger partial charge in [0.2, 0.25) is 0 Å². The van der Waals surface area contributed by atoms with Crippen molar-refractivity contribution in [3.8, 4) is 11.8 Å². The van der Waals surface area contributed by atoms with E-state index in [0.29, 0.717) is 0 Å². The fourth-order valence-electron chi connectivity index (χ4n) is 1.51. The zero-order valence-corrected chi connectivity index (χ0v) is 10.7. The van der Waals surface area contributed by atoms with Crippen LogP contribution in [-0.2, 0) is 0 Å². The lowest BCUT2D eigenvalue weighted by Gasteiger charge is -1.98. The van der Waals surface area contributed by atoms with E-state index in [4.69, 9.17) is 11.6 Å². The van der Waals surface area contributed by atoms with Crippen molar-refractivity contribution < 1.29 is 0 Å². The number of hydrogen-bond donors (Lipinski definition) is 0. The summed E-state index contributed by atoms with van der Waals surface area (Å²) in [4.78, 5) is 0. The van der Waals surface area contributed by atoms with Gasteiger partial charge in [0.15, 0.2) is 0 Å². The molecule has 1 heteroatoms. The molecular weight excluding hydrogens is 228 g/mol. The lowest BCUT2D eigenvalue weighted by Crippen LogP contribution is -1.82. The summed E-state index contributed by atoms with van der Waals surface area (Å²) in [5, 5.41) is 0.726. The Morgan fingerprint density at radius 1 is 0.882 bits per heavy atom. The summed E-state index contributed by atoms with van der Waals surface area (Å²) in [5.41, 5.74) is 4.40. The third-order valence-electron chi connectivity index (χ3n) is 2.59. The van der Waals surface area contributed by atoms with Gasteiger partial charge in [0.05, 0.1) is 0 Å². The van der Waals surface area contributed by atoms with Crippen molar-refractivity contribution in [2.75, 3.05) is 0 Å². The molecule has 2 aromatic carbocycles. The lowest BCUT2D eigenvalue weighted by molar-refractivity contribution is 1.43. The Kier molecular flexibility index (Phi) is 3.52. The molecule has 0 aliphatic carbocycles. The Balaban J connectivity index is 2.32. The van der Waals surface area contributed by atoms with Crippen molar-refractivity contribution in [3.05, 3.63) is 69.7 Å². The quantitative estimate of drug-likeness (QED) is 0.601. The molecule has 17 heavy (non-hydrogen) atoms. The molecule has 2 rings (SSSR count). The highest BCUT2D eigenvalue weighted by Crippen LogP contribution is 2.14. The maximum Gasteiger partial charge on any atom is 0.0418 e. The van der Waals surface area contributed by atoms with Gasteiger partial charge in [-0.3, -0.25) is 0 Å². The van der Waals surface area contributed by atoms with E-state index in [2.05, 4.69) is 30.9 Å². The maximum absolute atomic E-state index is 5.95. The monoisotopic (exact) mass is 240 g/mol. The SMILES string of the molecule is Cc1ccc(C#Cc2cc(Cl)ccc2C)cc1. The van der Waals surface area contributed by atoms with Crippen LogP contribution in [0, 0.1) is 25.7 Å². The smallest absolute Gasteiger partial charge is 0.0418 e. The van der Waals surface area contributed by atoms with Gasteiger partial charge < -0.3 is 0 Å². The van der Waals surface area contributed by atoms with Crippen LogP contribution in [0.2, 0.25) is 5.02 Å². The third-order valence-corrected chi connectivity index (χ3v) is 2.83. The minimum Gasteiger partial charge on any atom is -0.0843 e. The van der Waals surface area contributed by atoms with Crippen LogP contribution < -0.4 is 0 Å². The molecule has 0 bridgehead atoms. The molecule has 0 saturated heterocycles. The molecule has 0 amide bonds. The molecule has 0 atom stereocenters. The van der Waals surface area contributed by atoms with Crippen LogP contribution in [0.5, 0.6) is 0 Å². The Morgan fingerprint density at radius 3 is 2.29 bits per heavy atom. The van der Waals surface area contributed by atoms with Gasteiger partial charge in [-0.05, 0) is 43.7 Å². The van der Waals surface area contributed by atoms with E-state index in [-0.39, 0.29) is 0 Å². The van der Waals surface area contributed by atoms with Gasteiger partial charge in [-0.15, -0.1) is 0 Å². The number of hydrogen-bond acceptors (Lipinski definition) is 0. The number of aryl methyl sites for hydroxylation is 2. The van der Waals surface area contributed by atoms with E-state index in [9.17, 15) is 0 Å². The molecule has 0 aliphatic rings. The van der Waals surface area contributed by atoms with Gasteiger partial charge in [-0.1, -0.05) is 47.2 Å². The topological polar surface area (TPSA) is 0 Å². The normalized spacial score (nSPS) is 9.59. The highest BCUT2D eigenvalue weighted by Gasteiger charge is 1.95. The minimum atomic E-state index is 0.726. The second-order valence-electron chi connectivity index (χ2n) is 4.08. The molecule has 0 heterocycles. The maximum atomic E-state index is 5.95. The lowest BCUT2D eigenvalue weighted by atomic mass is 10.1. The molecular formula is C16H13Cl. The Hall–Kier alpha value is -1.71. The molecule has 0 aromatic heterocycles. The van der Waals surface area contributed by atoms with Crippen molar-refractivity contribution in [1.29, 1.82) is 0 Å². The van der Waals surface area contributed by atoms with Gasteiger partial charge in [-0.2, -0.15) is 0 Å². The van der Waals surface area contributed by atoms with E-state index in [1.165, 1.54) is 5.56 Å². The molecule has 0 radical (unpaired) electrons. The van der Waals surface area contributed by atoms with Crippen molar-refractivity contribution in [2.45, 2.75) is 13.8 Å². The first-order valence-electron chi connectivity index (χ1n) is 5.50. The highest BCUT2D eigenvalue weighted by atomic mass is 35.5. The van der Waals surface area contributed by atoms with Crippen LogP contribution >= 0.6 is 11.6 Å². The van der Waals surface area contributed by atoms with Crippen LogP contribution in [0.25, 0.3) is 0 Å². The first-order valence-corrected chi connectivity index (χ1v) is 5.88. The summed E-state index contributed by atoms with van der Waals surface area (Å²) in [6.45, 7) is 4.10. The summed E-state index contributed by atoms with van der Waals surface area (Å²) < 4.78 is 0. The summed E-state index contributed by atoms with van der Waals surface area (Å²) in [7, 11) is 0. The molecule has 0 fully saturated rings. The fourth-order valence-corrected chi connectivity index (χ4v) is 1.68. The Labute approximate surface area is 107 Å². The van der Waals surface area contributed by atoms with Gasteiger partial charge in [0.25, 0.3) is 0 Å². The van der Waals surface area contributed by atoms with Crippen LogP contribution in [-0.4, -0.2) is 0 Å². The average molecular weight is 241 g/mol. The summed E-state index contributed by atoms with van der Waals surface area (Å²) >= 11 is 5.95. The van der Waals surface area contributed by atoms with Gasteiger partial charge in [0.1, 0.15) is 0 Å². The molecule has 0 unspecified atom stereocenters. The second kappa shape index (κ2) is 5.08. The molecule has 84 valence electrons. The van der Waals surface area contributed by atoms with Crippen LogP contribution in [0.3, 0.4) is 0 Å². The van der Waals surface area contributed by atoms with E-state index < -0.39 is 0 Å². The number of benzene rings is 2. The fraction of sp³-hybridized carbons (Fsp3) is 0.125. The molecule has 0 nitrogen and oxygen atoms in total. The van der Waals surface area contributed by atoms with Gasteiger partial charge in [0, 0.05) is 16.1 Å². The van der Waals surface area contributed by atoms with E-state index in [1.807, 2.05) is 37.3 Å². The van der Waals surface area contributed by atoms with Crippen molar-refractivity contribution in [3.63, 3.8) is 0 Å². The van der Waals surface area contributed by atoms with E-state index in [1.54, 1.807) is 0 Å². The molecule has 0 saturated carbocycles. The summed E-state index contributed by atoms with van der Waals surface area (Å²) in [6, 6.07) is 14.0. The molecule has 2 aromatic rings. The van der Waals surface area contributed by atoms with E-state index >= 15 is 0 Å². The standard InChI is InChI=1S/C16H13Cl/c1-12-3-6-14(7-4-12)8-9-15-11-16(17)10-5-13(15)2/h3-7,10-11H,1-2H3. The zero-order valence-electron chi connectivity index (χ0n) is 9.92. The molecule has 0 aliphatic heterocycles. The van der Waals surface area contributed by atoms with Crippen LogP contribution in [0.15, 0.2) is 42.5 Å². The summed E-state index contributed by atoms with van der Waals surface area (Å²) in [5.74, 6) is 6.30. The molecule has 0 N–H and O–H groups in total. The van der Waals surface area contributed by atoms with Crippen LogP contribution in [0.1, 0.15) is 22.3 Å². The Bertz CT molecular complexity index is 583. The first kappa shape index (κ1) is 11.8. The summed E-state index contributed by atoms with van der Waals surface area (Å²) in [6.07, 6.45) is 0. The van der Waals surface area contributed by atoms with Gasteiger partial charge >= 0.3 is 0 Å². The van der Waals surface area contributed by atoms with Crippen molar-refractivity contribution >= 4 is 11.6 Å². The zero-order chi connectivity index (χ0) is 12.3. The second-order valence-corrected chi connectivity index (χ2v) is 4.51. The Morgan fingerprint density at radius 2 is 1.59 bits per heavy atom. The first-order chi connectivity index (χ1) is 8.15. The van der Waals surface area contributed by atoms with Crippen molar-refractivity contribution in [1.82, 2.24) is 0 Å². The molecule has 0 spiro atoms. The van der Waals surface area contributed by atoms with Crippen molar-refractivity contribution in [2.24, 2.45) is 0 Å².